The summed E-state index contributed by atoms with van der Waals surface area (Å²) in [6, 6.07) is 0. The van der Waals surface area contributed by atoms with E-state index in [1.807, 2.05) is 0 Å². The lowest BCUT2D eigenvalue weighted by atomic mass is 10.1. The highest BCUT2D eigenvalue weighted by Gasteiger charge is 2.19. The molecule has 0 saturated heterocycles. The standard InChI is InChI=1S/C58H94O6/c1-4-7-10-13-16-19-21-23-25-27-29-31-32-34-36-39-42-45-48-51-57(60)63-54-55(53-62-56(59)50-47-44-41-38-18-15-12-9-6-3)64-58(61)52-49-46-43-40-37-35-33-30-28-26-24-22-20-17-14-11-8-5-2/h7,10,16-17,19-20,22-26,28-31,33-34,36,55H,4-6,8-9,11-15,18,21,27,32,35,37-54H2,1-3H3/b10-7-,19-16-,20-17-,24-22-,25-23-,28-26-,31-29-,33-30-,36-34-. The number of carbonyl (C=O) groups excluding carboxylic acids is 3. The number of ether oxygens (including phenoxy) is 3. The van der Waals surface area contributed by atoms with Crippen LogP contribution in [0, 0.1) is 0 Å². The van der Waals surface area contributed by atoms with Crippen molar-refractivity contribution < 1.29 is 28.6 Å². The molecular weight excluding hydrogens is 793 g/mol. The maximum Gasteiger partial charge on any atom is 0.306 e. The molecule has 0 aliphatic rings. The molecule has 0 aliphatic carbocycles. The van der Waals surface area contributed by atoms with E-state index in [9.17, 15) is 14.4 Å². The molecule has 0 aromatic heterocycles. The molecule has 0 saturated carbocycles. The molecule has 0 amide bonds. The van der Waals surface area contributed by atoms with Crippen molar-refractivity contribution in [1.29, 1.82) is 0 Å². The van der Waals surface area contributed by atoms with Gasteiger partial charge in [-0.05, 0) is 89.9 Å². The SMILES string of the molecule is CC/C=C\C/C=C\C/C=C\C/C=C\C/C=C\CCCCCC(=O)OCC(COC(=O)CCCCCCCCCCC)OC(=O)CCCCCCC\C=C/C=C\C=C/C=C\CCCCC. The van der Waals surface area contributed by atoms with Gasteiger partial charge in [0.25, 0.3) is 0 Å². The van der Waals surface area contributed by atoms with Crippen molar-refractivity contribution >= 4 is 17.9 Å². The topological polar surface area (TPSA) is 78.9 Å². The molecule has 0 radical (unpaired) electrons. The van der Waals surface area contributed by atoms with Crippen LogP contribution < -0.4 is 0 Å². The Labute approximate surface area is 393 Å². The zero-order valence-corrected chi connectivity index (χ0v) is 41.3. The fraction of sp³-hybridized carbons (Fsp3) is 0.638. The number of carbonyl (C=O) groups is 3. The van der Waals surface area contributed by atoms with Gasteiger partial charge in [-0.15, -0.1) is 0 Å². The second-order valence-corrected chi connectivity index (χ2v) is 16.8. The van der Waals surface area contributed by atoms with Crippen LogP contribution in [-0.4, -0.2) is 37.2 Å². The van der Waals surface area contributed by atoms with Crippen molar-refractivity contribution in [2.75, 3.05) is 13.2 Å². The molecule has 6 heteroatoms. The lowest BCUT2D eigenvalue weighted by molar-refractivity contribution is -0.167. The number of unbranched alkanes of at least 4 members (excludes halogenated alkanes) is 19. The molecule has 64 heavy (non-hydrogen) atoms. The molecule has 0 rings (SSSR count). The maximum absolute atomic E-state index is 12.8. The molecule has 0 aromatic rings. The predicted octanol–water partition coefficient (Wildman–Crippen LogP) is 17.1. The van der Waals surface area contributed by atoms with E-state index in [4.69, 9.17) is 14.2 Å². The minimum Gasteiger partial charge on any atom is -0.462 e. The first-order valence-corrected chi connectivity index (χ1v) is 25.9. The molecular formula is C58H94O6. The Hall–Kier alpha value is -3.93. The molecule has 0 fully saturated rings. The first-order chi connectivity index (χ1) is 31.5. The van der Waals surface area contributed by atoms with Crippen LogP contribution in [0.3, 0.4) is 0 Å². The second kappa shape index (κ2) is 51.7. The molecule has 0 heterocycles. The Bertz CT molecular complexity index is 1340. The first-order valence-electron chi connectivity index (χ1n) is 25.9. The molecule has 1 atom stereocenters. The van der Waals surface area contributed by atoms with Crippen molar-refractivity contribution in [1.82, 2.24) is 0 Å². The van der Waals surface area contributed by atoms with Gasteiger partial charge in [0, 0.05) is 19.3 Å². The lowest BCUT2D eigenvalue weighted by Gasteiger charge is -2.18. The van der Waals surface area contributed by atoms with Crippen LogP contribution >= 0.6 is 0 Å². The third kappa shape index (κ3) is 49.1. The lowest BCUT2D eigenvalue weighted by Crippen LogP contribution is -2.30. The van der Waals surface area contributed by atoms with E-state index in [1.54, 1.807) is 0 Å². The van der Waals surface area contributed by atoms with Crippen LogP contribution in [0.5, 0.6) is 0 Å². The molecule has 0 N–H and O–H groups in total. The molecule has 0 aromatic carbocycles. The highest BCUT2D eigenvalue weighted by Crippen LogP contribution is 2.13. The molecule has 1 unspecified atom stereocenters. The number of allylic oxidation sites excluding steroid dienone is 18. The van der Waals surface area contributed by atoms with Crippen molar-refractivity contribution in [3.8, 4) is 0 Å². The van der Waals surface area contributed by atoms with Crippen LogP contribution in [0.25, 0.3) is 0 Å². The zero-order valence-electron chi connectivity index (χ0n) is 41.3. The third-order valence-corrected chi connectivity index (χ3v) is 10.6. The van der Waals surface area contributed by atoms with Gasteiger partial charge in [-0.25, -0.2) is 0 Å². The van der Waals surface area contributed by atoms with E-state index in [1.165, 1.54) is 57.8 Å². The van der Waals surface area contributed by atoms with Crippen molar-refractivity contribution in [3.63, 3.8) is 0 Å². The van der Waals surface area contributed by atoms with Gasteiger partial charge in [-0.1, -0.05) is 220 Å². The Kier molecular flexibility index (Phi) is 48.5. The van der Waals surface area contributed by atoms with E-state index >= 15 is 0 Å². The average molecular weight is 887 g/mol. The number of hydrogen-bond donors (Lipinski definition) is 0. The van der Waals surface area contributed by atoms with Crippen LogP contribution in [0.2, 0.25) is 0 Å². The molecule has 0 bridgehead atoms. The monoisotopic (exact) mass is 887 g/mol. The van der Waals surface area contributed by atoms with Crippen LogP contribution in [0.1, 0.15) is 220 Å². The van der Waals surface area contributed by atoms with E-state index in [-0.39, 0.29) is 31.1 Å². The normalized spacial score (nSPS) is 13.0. The minimum absolute atomic E-state index is 0.0995. The first kappa shape index (κ1) is 60.1. The van der Waals surface area contributed by atoms with Gasteiger partial charge < -0.3 is 14.2 Å². The summed E-state index contributed by atoms with van der Waals surface area (Å²) in [4.78, 5) is 37.9. The van der Waals surface area contributed by atoms with E-state index in [2.05, 4.69) is 130 Å². The summed E-state index contributed by atoms with van der Waals surface area (Å²) in [5, 5.41) is 0. The minimum atomic E-state index is -0.804. The number of rotatable bonds is 45. The average Bonchev–Trinajstić information content (AvgIpc) is 3.29. The number of hydrogen-bond acceptors (Lipinski definition) is 6. The number of esters is 3. The highest BCUT2D eigenvalue weighted by molar-refractivity contribution is 5.71. The second-order valence-electron chi connectivity index (χ2n) is 16.8. The van der Waals surface area contributed by atoms with Gasteiger partial charge in [0.2, 0.25) is 0 Å². The van der Waals surface area contributed by atoms with Crippen molar-refractivity contribution in [2.24, 2.45) is 0 Å². The fourth-order valence-corrected chi connectivity index (χ4v) is 6.71. The van der Waals surface area contributed by atoms with Gasteiger partial charge in [0.1, 0.15) is 13.2 Å². The van der Waals surface area contributed by atoms with Crippen LogP contribution in [-0.2, 0) is 28.6 Å². The predicted molar refractivity (Wildman–Crippen MR) is 274 cm³/mol. The van der Waals surface area contributed by atoms with E-state index in [0.29, 0.717) is 19.3 Å². The molecule has 362 valence electrons. The quantitative estimate of drug-likeness (QED) is 0.0199. The summed E-state index contributed by atoms with van der Waals surface area (Å²) in [6.07, 6.45) is 69.3. The van der Waals surface area contributed by atoms with Gasteiger partial charge in [0.05, 0.1) is 0 Å². The molecule has 0 aliphatic heterocycles. The summed E-state index contributed by atoms with van der Waals surface area (Å²) in [6.45, 7) is 6.40. The van der Waals surface area contributed by atoms with Gasteiger partial charge >= 0.3 is 17.9 Å². The Balaban J connectivity index is 4.46. The zero-order chi connectivity index (χ0) is 46.5. The Morgan fingerprint density at radius 2 is 0.672 bits per heavy atom. The van der Waals surface area contributed by atoms with Gasteiger partial charge in [-0.2, -0.15) is 0 Å². The Morgan fingerprint density at radius 3 is 1.14 bits per heavy atom. The van der Waals surface area contributed by atoms with Crippen molar-refractivity contribution in [3.05, 3.63) is 109 Å². The largest absolute Gasteiger partial charge is 0.462 e. The summed E-state index contributed by atoms with van der Waals surface area (Å²) < 4.78 is 16.7. The van der Waals surface area contributed by atoms with E-state index < -0.39 is 6.10 Å². The van der Waals surface area contributed by atoms with Gasteiger partial charge in [0.15, 0.2) is 6.10 Å². The molecule has 0 spiro atoms. The highest BCUT2D eigenvalue weighted by atomic mass is 16.6. The smallest absolute Gasteiger partial charge is 0.306 e. The van der Waals surface area contributed by atoms with Gasteiger partial charge in [-0.3, -0.25) is 14.4 Å². The Morgan fingerprint density at radius 1 is 0.344 bits per heavy atom. The van der Waals surface area contributed by atoms with Crippen LogP contribution in [0.15, 0.2) is 109 Å². The summed E-state index contributed by atoms with van der Waals surface area (Å²) in [5.41, 5.74) is 0. The molecule has 6 nitrogen and oxygen atoms in total. The van der Waals surface area contributed by atoms with E-state index in [0.717, 1.165) is 122 Å². The van der Waals surface area contributed by atoms with Crippen molar-refractivity contribution in [2.45, 2.75) is 226 Å². The summed E-state index contributed by atoms with van der Waals surface area (Å²) >= 11 is 0. The third-order valence-electron chi connectivity index (χ3n) is 10.6. The summed E-state index contributed by atoms with van der Waals surface area (Å²) in [7, 11) is 0. The summed E-state index contributed by atoms with van der Waals surface area (Å²) in [5.74, 6) is -0.964. The van der Waals surface area contributed by atoms with Crippen LogP contribution in [0.4, 0.5) is 0 Å². The maximum atomic E-state index is 12.8. The fourth-order valence-electron chi connectivity index (χ4n) is 6.71.